The lowest BCUT2D eigenvalue weighted by Crippen LogP contribution is -2.50. The van der Waals surface area contributed by atoms with Gasteiger partial charge in [0.2, 0.25) is 5.91 Å². The standard InChI is InChI=1S/C32H48N4O4/c1-32(2,3)30(37)35-28(16-17-36-18-20-39-21-19-36)24-34-27(22-25-10-6-4-7-11-25)14-15-29(40-31(33)38)23-26-12-8-5-9-13-26/h4-13,27-29,34H,14-24H2,1-3H3,(H2,33,38)(H,35,37)/t27-,28+,29-/m1/s1. The molecule has 0 aromatic heterocycles. The molecule has 8 heteroatoms. The van der Waals surface area contributed by atoms with Gasteiger partial charge in [0.15, 0.2) is 0 Å². The van der Waals surface area contributed by atoms with Crippen LogP contribution >= 0.6 is 0 Å². The highest BCUT2D eigenvalue weighted by Gasteiger charge is 2.25. The number of nitrogens with zero attached hydrogens (tertiary/aromatic N) is 1. The highest BCUT2D eigenvalue weighted by Crippen LogP contribution is 2.17. The number of ether oxygens (including phenoxy) is 2. The van der Waals surface area contributed by atoms with Crippen molar-refractivity contribution in [3.63, 3.8) is 0 Å². The van der Waals surface area contributed by atoms with Gasteiger partial charge in [-0.05, 0) is 36.8 Å². The molecule has 0 spiro atoms. The van der Waals surface area contributed by atoms with E-state index in [1.165, 1.54) is 5.56 Å². The maximum absolute atomic E-state index is 12.9. The van der Waals surface area contributed by atoms with Crippen LogP contribution < -0.4 is 16.4 Å². The van der Waals surface area contributed by atoms with Crippen molar-refractivity contribution in [2.75, 3.05) is 39.4 Å². The van der Waals surface area contributed by atoms with Gasteiger partial charge < -0.3 is 25.8 Å². The number of amides is 2. The van der Waals surface area contributed by atoms with E-state index >= 15 is 0 Å². The Hall–Kier alpha value is -2.94. The molecule has 0 radical (unpaired) electrons. The summed E-state index contributed by atoms with van der Waals surface area (Å²) < 4.78 is 11.0. The lowest BCUT2D eigenvalue weighted by Gasteiger charge is -2.31. The predicted octanol–water partition coefficient (Wildman–Crippen LogP) is 3.93. The number of primary amides is 1. The van der Waals surface area contributed by atoms with Gasteiger partial charge in [-0.1, -0.05) is 81.4 Å². The van der Waals surface area contributed by atoms with E-state index in [0.717, 1.165) is 57.7 Å². The fourth-order valence-corrected chi connectivity index (χ4v) is 4.91. The van der Waals surface area contributed by atoms with Gasteiger partial charge in [0.1, 0.15) is 6.10 Å². The molecule has 1 saturated heterocycles. The van der Waals surface area contributed by atoms with Gasteiger partial charge in [0.25, 0.3) is 0 Å². The van der Waals surface area contributed by atoms with Gasteiger partial charge in [0, 0.05) is 50.1 Å². The molecule has 1 fully saturated rings. The quantitative estimate of drug-likeness (QED) is 0.309. The Labute approximate surface area is 240 Å². The summed E-state index contributed by atoms with van der Waals surface area (Å²) in [5.74, 6) is 0.0543. The van der Waals surface area contributed by atoms with E-state index in [-0.39, 0.29) is 24.1 Å². The summed E-state index contributed by atoms with van der Waals surface area (Å²) in [7, 11) is 0. The molecule has 2 aromatic carbocycles. The smallest absolute Gasteiger partial charge is 0.404 e. The van der Waals surface area contributed by atoms with Gasteiger partial charge in [-0.2, -0.15) is 0 Å². The first-order valence-electron chi connectivity index (χ1n) is 14.6. The predicted molar refractivity (Wildman–Crippen MR) is 159 cm³/mol. The SMILES string of the molecule is CC(C)(C)C(=O)N[C@@H](CCN1CCOCC1)CN[C@H](CC[C@H](Cc1ccccc1)OC(N)=O)Cc1ccccc1. The fourth-order valence-electron chi connectivity index (χ4n) is 4.91. The molecule has 0 unspecified atom stereocenters. The zero-order chi connectivity index (χ0) is 28.8. The number of nitrogens with one attached hydrogen (secondary N) is 2. The second-order valence-corrected chi connectivity index (χ2v) is 11.8. The van der Waals surface area contributed by atoms with Crippen LogP contribution in [0.5, 0.6) is 0 Å². The Morgan fingerprint density at radius 1 is 0.900 bits per heavy atom. The summed E-state index contributed by atoms with van der Waals surface area (Å²) in [6.07, 6.45) is 2.72. The Morgan fingerprint density at radius 2 is 1.50 bits per heavy atom. The number of nitrogens with two attached hydrogens (primary N) is 1. The van der Waals surface area contributed by atoms with E-state index in [1.807, 2.05) is 57.2 Å². The molecule has 0 bridgehead atoms. The summed E-state index contributed by atoms with van der Waals surface area (Å²) in [4.78, 5) is 27.0. The molecule has 2 amide bonds. The number of hydrogen-bond donors (Lipinski definition) is 3. The van der Waals surface area contributed by atoms with Crippen molar-refractivity contribution >= 4 is 12.0 Å². The Balaban J connectivity index is 1.67. The van der Waals surface area contributed by atoms with Crippen LogP contribution in [0.25, 0.3) is 0 Å². The van der Waals surface area contributed by atoms with Crippen LogP contribution in [0.2, 0.25) is 0 Å². The Kier molecular flexibility index (Phi) is 12.9. The number of benzene rings is 2. The molecule has 3 atom stereocenters. The van der Waals surface area contributed by atoms with Crippen LogP contribution in [-0.4, -0.2) is 74.5 Å². The van der Waals surface area contributed by atoms with E-state index in [2.05, 4.69) is 39.8 Å². The summed E-state index contributed by atoms with van der Waals surface area (Å²) in [6.45, 7) is 10.8. The molecular weight excluding hydrogens is 504 g/mol. The van der Waals surface area contributed by atoms with Crippen molar-refractivity contribution in [2.24, 2.45) is 11.1 Å². The van der Waals surface area contributed by atoms with E-state index in [1.54, 1.807) is 0 Å². The van der Waals surface area contributed by atoms with Gasteiger partial charge >= 0.3 is 6.09 Å². The monoisotopic (exact) mass is 552 g/mol. The minimum Gasteiger partial charge on any atom is -0.446 e. The number of rotatable bonds is 15. The average Bonchev–Trinajstić information content (AvgIpc) is 2.93. The topological polar surface area (TPSA) is 106 Å². The number of carbonyl (C=O) groups excluding carboxylic acids is 2. The van der Waals surface area contributed by atoms with E-state index < -0.39 is 11.5 Å². The van der Waals surface area contributed by atoms with Gasteiger partial charge in [-0.3, -0.25) is 9.69 Å². The lowest BCUT2D eigenvalue weighted by molar-refractivity contribution is -0.129. The van der Waals surface area contributed by atoms with Crippen molar-refractivity contribution in [2.45, 2.75) is 71.1 Å². The van der Waals surface area contributed by atoms with Crippen molar-refractivity contribution in [3.8, 4) is 0 Å². The number of morpholine rings is 1. The highest BCUT2D eigenvalue weighted by molar-refractivity contribution is 5.81. The molecule has 0 aliphatic carbocycles. The molecule has 220 valence electrons. The first-order chi connectivity index (χ1) is 19.2. The molecular formula is C32H48N4O4. The lowest BCUT2D eigenvalue weighted by atomic mass is 9.94. The minimum absolute atomic E-state index is 0.00479. The first-order valence-corrected chi connectivity index (χ1v) is 14.6. The second-order valence-electron chi connectivity index (χ2n) is 11.8. The van der Waals surface area contributed by atoms with Crippen molar-refractivity contribution in [3.05, 3.63) is 71.8 Å². The number of hydrogen-bond acceptors (Lipinski definition) is 6. The Bertz CT molecular complexity index is 1010. The molecule has 4 N–H and O–H groups in total. The third-order valence-corrected chi connectivity index (χ3v) is 7.32. The molecule has 8 nitrogen and oxygen atoms in total. The minimum atomic E-state index is -0.749. The normalized spacial score (nSPS) is 16.6. The summed E-state index contributed by atoms with van der Waals surface area (Å²) in [5.41, 5.74) is 7.30. The largest absolute Gasteiger partial charge is 0.446 e. The van der Waals surface area contributed by atoms with Gasteiger partial charge in [-0.25, -0.2) is 4.79 Å². The average molecular weight is 553 g/mol. The molecule has 0 saturated carbocycles. The van der Waals surface area contributed by atoms with Crippen LogP contribution in [0.4, 0.5) is 4.79 Å². The van der Waals surface area contributed by atoms with E-state index in [9.17, 15) is 9.59 Å². The highest BCUT2D eigenvalue weighted by atomic mass is 16.6. The van der Waals surface area contributed by atoms with Crippen molar-refractivity contribution < 1.29 is 19.1 Å². The Morgan fingerprint density at radius 3 is 2.08 bits per heavy atom. The van der Waals surface area contributed by atoms with Crippen molar-refractivity contribution in [1.29, 1.82) is 0 Å². The van der Waals surface area contributed by atoms with Crippen LogP contribution in [0, 0.1) is 5.41 Å². The fraction of sp³-hybridized carbons (Fsp3) is 0.562. The number of carbonyl (C=O) groups is 2. The van der Waals surface area contributed by atoms with Crippen LogP contribution in [0.1, 0.15) is 51.2 Å². The third kappa shape index (κ3) is 12.1. The maximum Gasteiger partial charge on any atom is 0.404 e. The van der Waals surface area contributed by atoms with Crippen LogP contribution in [0.15, 0.2) is 60.7 Å². The van der Waals surface area contributed by atoms with Gasteiger partial charge in [0.05, 0.1) is 13.2 Å². The van der Waals surface area contributed by atoms with E-state index in [4.69, 9.17) is 15.2 Å². The second kappa shape index (κ2) is 16.4. The molecule has 2 aromatic rings. The zero-order valence-corrected chi connectivity index (χ0v) is 24.4. The maximum atomic E-state index is 12.9. The zero-order valence-electron chi connectivity index (χ0n) is 24.4. The molecule has 1 heterocycles. The molecule has 1 aliphatic heterocycles. The summed E-state index contributed by atoms with van der Waals surface area (Å²) in [6, 6.07) is 20.5. The summed E-state index contributed by atoms with van der Waals surface area (Å²) in [5, 5.41) is 7.05. The van der Waals surface area contributed by atoms with Crippen molar-refractivity contribution in [1.82, 2.24) is 15.5 Å². The summed E-state index contributed by atoms with van der Waals surface area (Å²) >= 11 is 0. The molecule has 1 aliphatic rings. The van der Waals surface area contributed by atoms with Crippen LogP contribution in [-0.2, 0) is 27.1 Å². The van der Waals surface area contributed by atoms with Crippen LogP contribution in [0.3, 0.4) is 0 Å². The molecule has 40 heavy (non-hydrogen) atoms. The molecule has 3 rings (SSSR count). The van der Waals surface area contributed by atoms with Gasteiger partial charge in [-0.15, -0.1) is 0 Å². The third-order valence-electron chi connectivity index (χ3n) is 7.32. The van der Waals surface area contributed by atoms with E-state index in [0.29, 0.717) is 19.4 Å². The first kappa shape index (κ1) is 31.6.